The van der Waals surface area contributed by atoms with Crippen LogP contribution in [0.25, 0.3) is 0 Å². The summed E-state index contributed by atoms with van der Waals surface area (Å²) in [7, 11) is 0. The van der Waals surface area contributed by atoms with E-state index in [0.29, 0.717) is 11.8 Å². The van der Waals surface area contributed by atoms with E-state index >= 15 is 0 Å². The van der Waals surface area contributed by atoms with Crippen molar-refractivity contribution in [3.8, 4) is 5.75 Å². The van der Waals surface area contributed by atoms with Crippen LogP contribution in [0.2, 0.25) is 0 Å². The monoisotopic (exact) mass is 259 g/mol. The molecule has 2 N–H and O–H groups in total. The highest BCUT2D eigenvalue weighted by atomic mass is 16.3. The van der Waals surface area contributed by atoms with E-state index in [2.05, 4.69) is 18.3 Å². The number of aromatic hydroxyl groups is 1. The third-order valence-electron chi connectivity index (χ3n) is 4.94. The van der Waals surface area contributed by atoms with Crippen LogP contribution in [0.3, 0.4) is 0 Å². The van der Waals surface area contributed by atoms with Gasteiger partial charge in [-0.3, -0.25) is 0 Å². The fraction of sp³-hybridized carbons (Fsp3) is 0.647. The van der Waals surface area contributed by atoms with Gasteiger partial charge < -0.3 is 10.4 Å². The zero-order valence-electron chi connectivity index (χ0n) is 11.9. The Hall–Kier alpha value is -1.02. The van der Waals surface area contributed by atoms with Crippen LogP contribution >= 0.6 is 0 Å². The average Bonchev–Trinajstić information content (AvgIpc) is 2.81. The molecule has 1 saturated carbocycles. The van der Waals surface area contributed by atoms with Gasteiger partial charge in [-0.25, -0.2) is 0 Å². The highest BCUT2D eigenvalue weighted by Crippen LogP contribution is 2.37. The fourth-order valence-corrected chi connectivity index (χ4v) is 3.90. The molecule has 0 aliphatic heterocycles. The Morgan fingerprint density at radius 2 is 2.16 bits per heavy atom. The summed E-state index contributed by atoms with van der Waals surface area (Å²) in [4.78, 5) is 0. The minimum atomic E-state index is 0.458. The molecule has 1 fully saturated rings. The lowest BCUT2D eigenvalue weighted by Gasteiger charge is -2.28. The molecule has 3 unspecified atom stereocenters. The molecule has 0 radical (unpaired) electrons. The Bertz CT molecular complexity index is 443. The first-order valence-corrected chi connectivity index (χ1v) is 7.78. The molecule has 0 heterocycles. The fourth-order valence-electron chi connectivity index (χ4n) is 3.90. The SMILES string of the molecule is CC1CCCC(CNC2CCc3c(O)cccc32)C1. The van der Waals surface area contributed by atoms with E-state index in [1.165, 1.54) is 31.2 Å². The lowest BCUT2D eigenvalue weighted by molar-refractivity contribution is 0.266. The minimum absolute atomic E-state index is 0.458. The van der Waals surface area contributed by atoms with Gasteiger partial charge in [0.15, 0.2) is 0 Å². The van der Waals surface area contributed by atoms with Crippen molar-refractivity contribution in [3.05, 3.63) is 29.3 Å². The summed E-state index contributed by atoms with van der Waals surface area (Å²) in [6.45, 7) is 3.53. The summed E-state index contributed by atoms with van der Waals surface area (Å²) in [6, 6.07) is 6.41. The number of nitrogens with one attached hydrogen (secondary N) is 1. The molecule has 2 aliphatic rings. The first-order valence-electron chi connectivity index (χ1n) is 7.78. The minimum Gasteiger partial charge on any atom is -0.508 e. The molecular weight excluding hydrogens is 234 g/mol. The molecule has 1 aromatic rings. The average molecular weight is 259 g/mol. The molecule has 2 heteroatoms. The van der Waals surface area contributed by atoms with Crippen LogP contribution in [0.1, 0.15) is 56.2 Å². The number of phenolic OH excluding ortho intramolecular Hbond substituents is 1. The second-order valence-electron chi connectivity index (χ2n) is 6.48. The van der Waals surface area contributed by atoms with Crippen molar-refractivity contribution in [2.45, 2.75) is 51.5 Å². The van der Waals surface area contributed by atoms with Gasteiger partial charge in [-0.2, -0.15) is 0 Å². The molecule has 2 nitrogen and oxygen atoms in total. The smallest absolute Gasteiger partial charge is 0.119 e. The summed E-state index contributed by atoms with van der Waals surface area (Å²) in [6.07, 6.45) is 7.73. The molecule has 3 rings (SSSR count). The molecule has 0 bridgehead atoms. The Kier molecular flexibility index (Phi) is 3.79. The lowest BCUT2D eigenvalue weighted by atomic mass is 9.82. The van der Waals surface area contributed by atoms with E-state index in [4.69, 9.17) is 0 Å². The number of hydrogen-bond donors (Lipinski definition) is 2. The van der Waals surface area contributed by atoms with Crippen LogP contribution in [-0.4, -0.2) is 11.7 Å². The van der Waals surface area contributed by atoms with Crippen LogP contribution in [0, 0.1) is 11.8 Å². The predicted octanol–water partition coefficient (Wildman–Crippen LogP) is 3.80. The summed E-state index contributed by atoms with van der Waals surface area (Å²) in [5, 5.41) is 13.6. The maximum absolute atomic E-state index is 9.87. The molecule has 1 aromatic carbocycles. The molecule has 3 atom stereocenters. The topological polar surface area (TPSA) is 32.3 Å². The Labute approximate surface area is 116 Å². The first-order chi connectivity index (χ1) is 9.24. The van der Waals surface area contributed by atoms with Gasteiger partial charge in [0.25, 0.3) is 0 Å². The summed E-state index contributed by atoms with van der Waals surface area (Å²) >= 11 is 0. The highest BCUT2D eigenvalue weighted by molar-refractivity contribution is 5.44. The number of rotatable bonds is 3. The predicted molar refractivity (Wildman–Crippen MR) is 78.3 cm³/mol. The summed E-state index contributed by atoms with van der Waals surface area (Å²) in [5.41, 5.74) is 2.49. The third-order valence-corrected chi connectivity index (χ3v) is 4.94. The van der Waals surface area contributed by atoms with Gasteiger partial charge in [-0.1, -0.05) is 31.9 Å². The maximum Gasteiger partial charge on any atom is 0.119 e. The van der Waals surface area contributed by atoms with Gasteiger partial charge in [0, 0.05) is 6.04 Å². The van der Waals surface area contributed by atoms with Gasteiger partial charge >= 0.3 is 0 Å². The van der Waals surface area contributed by atoms with Crippen molar-refractivity contribution < 1.29 is 5.11 Å². The number of phenols is 1. The molecule has 0 spiro atoms. The normalized spacial score (nSPS) is 30.3. The van der Waals surface area contributed by atoms with Crippen molar-refractivity contribution in [2.24, 2.45) is 11.8 Å². The van der Waals surface area contributed by atoms with E-state index in [1.807, 2.05) is 12.1 Å². The first kappa shape index (κ1) is 13.0. The zero-order valence-corrected chi connectivity index (χ0v) is 11.9. The molecule has 2 aliphatic carbocycles. The van der Waals surface area contributed by atoms with Crippen molar-refractivity contribution in [3.63, 3.8) is 0 Å². The maximum atomic E-state index is 9.87. The van der Waals surface area contributed by atoms with Crippen molar-refractivity contribution in [1.29, 1.82) is 0 Å². The Balaban J connectivity index is 1.59. The largest absolute Gasteiger partial charge is 0.508 e. The molecule has 104 valence electrons. The van der Waals surface area contributed by atoms with Gasteiger partial charge in [-0.15, -0.1) is 0 Å². The van der Waals surface area contributed by atoms with Gasteiger partial charge in [-0.05, 0) is 61.3 Å². The van der Waals surface area contributed by atoms with E-state index < -0.39 is 0 Å². The number of benzene rings is 1. The van der Waals surface area contributed by atoms with Crippen LogP contribution in [0.15, 0.2) is 18.2 Å². The molecule has 0 aromatic heterocycles. The molecule has 0 amide bonds. The second kappa shape index (κ2) is 5.54. The Morgan fingerprint density at radius 1 is 1.26 bits per heavy atom. The van der Waals surface area contributed by atoms with Crippen LogP contribution in [0.4, 0.5) is 0 Å². The van der Waals surface area contributed by atoms with E-state index in [-0.39, 0.29) is 0 Å². The summed E-state index contributed by atoms with van der Waals surface area (Å²) in [5.74, 6) is 2.23. The standard InChI is InChI=1S/C17H25NO/c1-12-4-2-5-13(10-12)11-18-16-9-8-15-14(16)6-3-7-17(15)19/h3,6-7,12-13,16,18-19H,2,4-5,8-11H2,1H3. The van der Waals surface area contributed by atoms with Crippen LogP contribution in [-0.2, 0) is 6.42 Å². The molecule has 19 heavy (non-hydrogen) atoms. The zero-order chi connectivity index (χ0) is 13.2. The molecule has 0 saturated heterocycles. The quantitative estimate of drug-likeness (QED) is 0.865. The van der Waals surface area contributed by atoms with Gasteiger partial charge in [0.1, 0.15) is 5.75 Å². The Morgan fingerprint density at radius 3 is 3.00 bits per heavy atom. The van der Waals surface area contributed by atoms with Crippen LogP contribution < -0.4 is 5.32 Å². The van der Waals surface area contributed by atoms with E-state index in [9.17, 15) is 5.11 Å². The van der Waals surface area contributed by atoms with Crippen molar-refractivity contribution >= 4 is 0 Å². The number of hydrogen-bond acceptors (Lipinski definition) is 2. The summed E-state index contributed by atoms with van der Waals surface area (Å²) < 4.78 is 0. The third kappa shape index (κ3) is 2.79. The van der Waals surface area contributed by atoms with Gasteiger partial charge in [0.2, 0.25) is 0 Å². The van der Waals surface area contributed by atoms with E-state index in [0.717, 1.165) is 36.8 Å². The van der Waals surface area contributed by atoms with E-state index in [1.54, 1.807) is 0 Å². The second-order valence-corrected chi connectivity index (χ2v) is 6.48. The molecular formula is C17H25NO. The van der Waals surface area contributed by atoms with Crippen molar-refractivity contribution in [1.82, 2.24) is 5.32 Å². The highest BCUT2D eigenvalue weighted by Gasteiger charge is 2.26. The van der Waals surface area contributed by atoms with Gasteiger partial charge in [0.05, 0.1) is 0 Å². The lowest BCUT2D eigenvalue weighted by Crippen LogP contribution is -2.29. The van der Waals surface area contributed by atoms with Crippen molar-refractivity contribution in [2.75, 3.05) is 6.54 Å². The number of fused-ring (bicyclic) bond motifs is 1. The van der Waals surface area contributed by atoms with Crippen LogP contribution in [0.5, 0.6) is 5.75 Å².